The summed E-state index contributed by atoms with van der Waals surface area (Å²) < 4.78 is 2.03. The molecule has 22 heavy (non-hydrogen) atoms. The Morgan fingerprint density at radius 2 is 2.09 bits per heavy atom. The fourth-order valence-electron chi connectivity index (χ4n) is 3.18. The van der Waals surface area contributed by atoms with Gasteiger partial charge in [0.05, 0.1) is 12.1 Å². The molecule has 2 heterocycles. The molecule has 1 atom stereocenters. The summed E-state index contributed by atoms with van der Waals surface area (Å²) >= 11 is 0. The van der Waals surface area contributed by atoms with Gasteiger partial charge in [-0.25, -0.2) is 0 Å². The zero-order chi connectivity index (χ0) is 15.6. The Morgan fingerprint density at radius 1 is 1.41 bits per heavy atom. The number of halogens is 1. The molecule has 6 heteroatoms. The average Bonchev–Trinajstić information content (AvgIpc) is 2.98. The number of aromatic nitrogens is 2. The van der Waals surface area contributed by atoms with Crippen LogP contribution < -0.4 is 5.73 Å². The van der Waals surface area contributed by atoms with E-state index in [9.17, 15) is 4.79 Å². The minimum absolute atomic E-state index is 0. The van der Waals surface area contributed by atoms with E-state index < -0.39 is 0 Å². The van der Waals surface area contributed by atoms with Crippen LogP contribution in [-0.4, -0.2) is 39.7 Å². The summed E-state index contributed by atoms with van der Waals surface area (Å²) in [6.07, 6.45) is 2.55. The maximum Gasteiger partial charge on any atom is 0.227 e. The first-order valence-electron chi connectivity index (χ1n) is 7.96. The second kappa shape index (κ2) is 7.97. The van der Waals surface area contributed by atoms with E-state index in [0.717, 1.165) is 42.9 Å². The molecule has 1 fully saturated rings. The molecule has 0 saturated carbocycles. The number of carbonyl (C=O) groups excluding carboxylic acids is 1. The molecule has 1 aliphatic heterocycles. The highest BCUT2D eigenvalue weighted by atomic mass is 35.5. The molecule has 0 aliphatic carbocycles. The monoisotopic (exact) mass is 328 g/mol. The second-order valence-corrected chi connectivity index (χ2v) is 6.52. The number of aryl methyl sites for hydroxylation is 1. The first kappa shape index (κ1) is 19.0. The normalized spacial score (nSPS) is 17.9. The lowest BCUT2D eigenvalue weighted by molar-refractivity contribution is -0.131. The molecule has 0 bridgehead atoms. The van der Waals surface area contributed by atoms with Gasteiger partial charge < -0.3 is 10.6 Å². The summed E-state index contributed by atoms with van der Waals surface area (Å²) in [5.74, 6) is 0.741. The maximum absolute atomic E-state index is 12.6. The van der Waals surface area contributed by atoms with Crippen molar-refractivity contribution in [2.24, 2.45) is 11.7 Å². The topological polar surface area (TPSA) is 64.2 Å². The Kier molecular flexibility index (Phi) is 6.88. The van der Waals surface area contributed by atoms with Crippen molar-refractivity contribution < 1.29 is 4.79 Å². The third kappa shape index (κ3) is 4.02. The molecule has 2 rings (SSSR count). The second-order valence-electron chi connectivity index (χ2n) is 6.52. The van der Waals surface area contributed by atoms with Gasteiger partial charge in [0.1, 0.15) is 0 Å². The molecule has 1 unspecified atom stereocenters. The number of hydrogen-bond acceptors (Lipinski definition) is 3. The van der Waals surface area contributed by atoms with Gasteiger partial charge in [-0.05, 0) is 32.6 Å². The average molecular weight is 329 g/mol. The van der Waals surface area contributed by atoms with E-state index in [1.165, 1.54) is 0 Å². The van der Waals surface area contributed by atoms with Gasteiger partial charge in [-0.15, -0.1) is 12.4 Å². The maximum atomic E-state index is 12.6. The van der Waals surface area contributed by atoms with Crippen molar-refractivity contribution in [1.82, 2.24) is 14.7 Å². The van der Waals surface area contributed by atoms with Crippen molar-refractivity contribution in [3.05, 3.63) is 17.0 Å². The number of hydrogen-bond donors (Lipinski definition) is 1. The van der Waals surface area contributed by atoms with E-state index in [1.54, 1.807) is 0 Å². The SMILES string of the molecule is Cc1nn(CC(C)C)c(C)c1CC(=O)N1CCCC1CN.Cl. The van der Waals surface area contributed by atoms with Crippen LogP contribution in [0.2, 0.25) is 0 Å². The summed E-state index contributed by atoms with van der Waals surface area (Å²) in [6.45, 7) is 10.7. The van der Waals surface area contributed by atoms with Gasteiger partial charge in [-0.2, -0.15) is 5.10 Å². The zero-order valence-electron chi connectivity index (χ0n) is 14.1. The van der Waals surface area contributed by atoms with Crippen molar-refractivity contribution >= 4 is 18.3 Å². The zero-order valence-corrected chi connectivity index (χ0v) is 14.9. The molecule has 1 amide bonds. The van der Waals surface area contributed by atoms with Crippen molar-refractivity contribution in [3.8, 4) is 0 Å². The highest BCUT2D eigenvalue weighted by Crippen LogP contribution is 2.20. The molecule has 1 aromatic heterocycles. The van der Waals surface area contributed by atoms with E-state index in [2.05, 4.69) is 25.9 Å². The van der Waals surface area contributed by atoms with Gasteiger partial charge in [-0.1, -0.05) is 13.8 Å². The lowest BCUT2D eigenvalue weighted by Gasteiger charge is -2.23. The van der Waals surface area contributed by atoms with Gasteiger partial charge in [0.15, 0.2) is 0 Å². The summed E-state index contributed by atoms with van der Waals surface area (Å²) in [5.41, 5.74) is 8.95. The number of likely N-dealkylation sites (tertiary alicyclic amines) is 1. The number of nitrogens with two attached hydrogens (primary N) is 1. The number of amides is 1. The summed E-state index contributed by atoms with van der Waals surface area (Å²) in [5, 5.41) is 4.59. The Bertz CT molecular complexity index is 512. The highest BCUT2D eigenvalue weighted by Gasteiger charge is 2.28. The lowest BCUT2D eigenvalue weighted by atomic mass is 10.1. The number of nitrogens with zero attached hydrogens (tertiary/aromatic N) is 3. The molecular weight excluding hydrogens is 300 g/mol. The summed E-state index contributed by atoms with van der Waals surface area (Å²) in [7, 11) is 0. The van der Waals surface area contributed by atoms with Gasteiger partial charge in [0, 0.05) is 36.9 Å². The molecule has 126 valence electrons. The predicted molar refractivity (Wildman–Crippen MR) is 91.3 cm³/mol. The molecule has 2 N–H and O–H groups in total. The first-order chi connectivity index (χ1) is 9.93. The Hall–Kier alpha value is -1.07. The number of carbonyl (C=O) groups is 1. The van der Waals surface area contributed by atoms with Gasteiger partial charge in [0.2, 0.25) is 5.91 Å². The van der Waals surface area contributed by atoms with Crippen LogP contribution in [-0.2, 0) is 17.8 Å². The van der Waals surface area contributed by atoms with Gasteiger partial charge in [0.25, 0.3) is 0 Å². The largest absolute Gasteiger partial charge is 0.338 e. The molecule has 1 aromatic rings. The van der Waals surface area contributed by atoms with Gasteiger partial charge in [-0.3, -0.25) is 9.48 Å². The lowest BCUT2D eigenvalue weighted by Crippen LogP contribution is -2.40. The first-order valence-corrected chi connectivity index (χ1v) is 7.96. The van der Waals surface area contributed by atoms with Gasteiger partial charge >= 0.3 is 0 Å². The van der Waals surface area contributed by atoms with E-state index in [1.807, 2.05) is 16.5 Å². The summed E-state index contributed by atoms with van der Waals surface area (Å²) in [6, 6.07) is 0.226. The molecule has 1 aliphatic rings. The smallest absolute Gasteiger partial charge is 0.227 e. The summed E-state index contributed by atoms with van der Waals surface area (Å²) in [4.78, 5) is 14.5. The Balaban J connectivity index is 0.00000242. The van der Waals surface area contributed by atoms with E-state index in [0.29, 0.717) is 18.9 Å². The third-order valence-electron chi connectivity index (χ3n) is 4.37. The van der Waals surface area contributed by atoms with E-state index in [4.69, 9.17) is 5.73 Å². The third-order valence-corrected chi connectivity index (χ3v) is 4.37. The van der Waals surface area contributed by atoms with Crippen LogP contribution in [0.25, 0.3) is 0 Å². The molecule has 0 spiro atoms. The molecule has 1 saturated heterocycles. The highest BCUT2D eigenvalue weighted by molar-refractivity contribution is 5.85. The minimum Gasteiger partial charge on any atom is -0.338 e. The minimum atomic E-state index is 0. The van der Waals surface area contributed by atoms with E-state index in [-0.39, 0.29) is 24.4 Å². The van der Waals surface area contributed by atoms with Crippen LogP contribution in [0.3, 0.4) is 0 Å². The molecule has 0 radical (unpaired) electrons. The Morgan fingerprint density at radius 3 is 2.68 bits per heavy atom. The quantitative estimate of drug-likeness (QED) is 0.900. The van der Waals surface area contributed by atoms with Crippen molar-refractivity contribution in [2.45, 2.75) is 59.5 Å². The van der Waals surface area contributed by atoms with Crippen LogP contribution in [0, 0.1) is 19.8 Å². The van der Waals surface area contributed by atoms with Crippen LogP contribution >= 0.6 is 12.4 Å². The predicted octanol–water partition coefficient (Wildman–Crippen LogP) is 2.07. The standard InChI is InChI=1S/C16H28N4O.ClH/c1-11(2)10-20-13(4)15(12(3)18-20)8-16(21)19-7-5-6-14(19)9-17;/h11,14H,5-10,17H2,1-4H3;1H. The van der Waals surface area contributed by atoms with E-state index >= 15 is 0 Å². The fourth-order valence-corrected chi connectivity index (χ4v) is 3.18. The van der Waals surface area contributed by atoms with Crippen LogP contribution in [0.4, 0.5) is 0 Å². The van der Waals surface area contributed by atoms with Crippen LogP contribution in [0.1, 0.15) is 43.6 Å². The van der Waals surface area contributed by atoms with Crippen molar-refractivity contribution in [1.29, 1.82) is 0 Å². The van der Waals surface area contributed by atoms with Crippen molar-refractivity contribution in [2.75, 3.05) is 13.1 Å². The molecular formula is C16H29ClN4O. The molecule has 5 nitrogen and oxygen atoms in total. The number of rotatable bonds is 5. The van der Waals surface area contributed by atoms with Crippen LogP contribution in [0.15, 0.2) is 0 Å². The van der Waals surface area contributed by atoms with Crippen LogP contribution in [0.5, 0.6) is 0 Å². The fraction of sp³-hybridized carbons (Fsp3) is 0.750. The molecule has 0 aromatic carbocycles. The Labute approximate surface area is 139 Å². The van der Waals surface area contributed by atoms with Crippen molar-refractivity contribution in [3.63, 3.8) is 0 Å².